The molecule has 1 atom stereocenters. The van der Waals surface area contributed by atoms with Crippen LogP contribution in [0.5, 0.6) is 0 Å². The first-order valence-electron chi connectivity index (χ1n) is 8.43. The van der Waals surface area contributed by atoms with Crippen LogP contribution in [-0.4, -0.2) is 68.4 Å². The number of nitrogens with zero attached hydrogens (tertiary/aromatic N) is 6. The first-order valence-corrected chi connectivity index (χ1v) is 8.43. The van der Waals surface area contributed by atoms with Gasteiger partial charge < -0.3 is 9.73 Å². The van der Waals surface area contributed by atoms with E-state index in [1.54, 1.807) is 11.6 Å². The van der Waals surface area contributed by atoms with E-state index in [-0.39, 0.29) is 5.91 Å². The van der Waals surface area contributed by atoms with Crippen molar-refractivity contribution in [3.8, 4) is 0 Å². The molecule has 9 nitrogen and oxygen atoms in total. The maximum absolute atomic E-state index is 12.3. The molecule has 0 aromatic carbocycles. The molecule has 136 valence electrons. The Morgan fingerprint density at radius 3 is 2.88 bits per heavy atom. The van der Waals surface area contributed by atoms with Crippen LogP contribution in [0.25, 0.3) is 0 Å². The Hall–Kier alpha value is -2.26. The second kappa shape index (κ2) is 7.32. The average molecular weight is 347 g/mol. The van der Waals surface area contributed by atoms with E-state index in [0.29, 0.717) is 30.9 Å². The lowest BCUT2D eigenvalue weighted by Gasteiger charge is -2.23. The van der Waals surface area contributed by atoms with Crippen molar-refractivity contribution < 1.29 is 9.21 Å². The van der Waals surface area contributed by atoms with Crippen molar-refractivity contribution in [2.45, 2.75) is 32.9 Å². The van der Waals surface area contributed by atoms with Crippen LogP contribution in [0.4, 0.5) is 5.82 Å². The van der Waals surface area contributed by atoms with Gasteiger partial charge in [0, 0.05) is 39.2 Å². The van der Waals surface area contributed by atoms with E-state index in [1.807, 2.05) is 27.1 Å². The summed E-state index contributed by atoms with van der Waals surface area (Å²) in [4.78, 5) is 16.6. The predicted molar refractivity (Wildman–Crippen MR) is 91.9 cm³/mol. The molecule has 0 saturated carbocycles. The molecule has 0 radical (unpaired) electrons. The van der Waals surface area contributed by atoms with Crippen molar-refractivity contribution in [1.82, 2.24) is 29.8 Å². The molecule has 1 aliphatic rings. The molecule has 25 heavy (non-hydrogen) atoms. The van der Waals surface area contributed by atoms with Gasteiger partial charge in [0.05, 0.1) is 18.8 Å². The van der Waals surface area contributed by atoms with Crippen molar-refractivity contribution in [2.75, 3.05) is 32.0 Å². The molecule has 1 amide bonds. The van der Waals surface area contributed by atoms with Crippen molar-refractivity contribution in [1.29, 1.82) is 0 Å². The molecular weight excluding hydrogens is 322 g/mol. The van der Waals surface area contributed by atoms with E-state index in [2.05, 4.69) is 30.4 Å². The number of hydrogen-bond donors (Lipinski definition) is 1. The Balaban J connectivity index is 1.47. The summed E-state index contributed by atoms with van der Waals surface area (Å²) in [6.45, 7) is 6.45. The third-order valence-electron chi connectivity index (χ3n) is 4.46. The Labute approximate surface area is 147 Å². The quantitative estimate of drug-likeness (QED) is 0.816. The van der Waals surface area contributed by atoms with Crippen LogP contribution in [0, 0.1) is 13.8 Å². The van der Waals surface area contributed by atoms with Crippen molar-refractivity contribution in [3.05, 3.63) is 23.5 Å². The molecule has 1 aliphatic heterocycles. The van der Waals surface area contributed by atoms with Gasteiger partial charge in [0.25, 0.3) is 0 Å². The van der Waals surface area contributed by atoms with Gasteiger partial charge in [-0.15, -0.1) is 10.2 Å². The summed E-state index contributed by atoms with van der Waals surface area (Å²) < 4.78 is 7.12. The largest absolute Gasteiger partial charge is 0.424 e. The number of likely N-dealkylation sites (tertiary alicyclic amines) is 1. The van der Waals surface area contributed by atoms with Gasteiger partial charge in [-0.25, -0.2) is 0 Å². The Morgan fingerprint density at radius 2 is 2.24 bits per heavy atom. The molecule has 0 bridgehead atoms. The Morgan fingerprint density at radius 1 is 1.44 bits per heavy atom. The molecule has 2 aromatic rings. The van der Waals surface area contributed by atoms with Crippen molar-refractivity contribution in [3.63, 3.8) is 0 Å². The highest BCUT2D eigenvalue weighted by molar-refractivity contribution is 5.91. The highest BCUT2D eigenvalue weighted by Gasteiger charge is 2.27. The maximum Gasteiger partial charge on any atom is 0.239 e. The number of carbonyl (C=O) groups is 1. The zero-order valence-corrected chi connectivity index (χ0v) is 15.2. The summed E-state index contributed by atoms with van der Waals surface area (Å²) in [5.74, 6) is 1.92. The highest BCUT2D eigenvalue weighted by atomic mass is 16.4. The lowest BCUT2D eigenvalue weighted by Crippen LogP contribution is -2.37. The second-order valence-electron chi connectivity index (χ2n) is 6.65. The molecule has 9 heteroatoms. The van der Waals surface area contributed by atoms with Crippen molar-refractivity contribution in [2.24, 2.45) is 7.05 Å². The summed E-state index contributed by atoms with van der Waals surface area (Å²) in [7, 11) is 3.87. The third-order valence-corrected chi connectivity index (χ3v) is 4.46. The smallest absolute Gasteiger partial charge is 0.239 e. The fourth-order valence-electron chi connectivity index (χ4n) is 3.17. The standard InChI is InChI=1S/C16H25N7O2/c1-11-7-14(22(4)20-11)17-15(24)9-23-6-5-13(8-23)21(3)10-16-19-18-12(2)25-16/h7,13H,5-6,8-10H2,1-4H3,(H,17,24)/t13-/m1/s1. The topological polar surface area (TPSA) is 92.3 Å². The number of aromatic nitrogens is 4. The van der Waals surface area contributed by atoms with Crippen LogP contribution in [0.1, 0.15) is 23.9 Å². The molecular formula is C16H25N7O2. The number of anilines is 1. The van der Waals surface area contributed by atoms with Crippen LogP contribution in [0.15, 0.2) is 10.5 Å². The third kappa shape index (κ3) is 4.43. The normalized spacial score (nSPS) is 18.2. The van der Waals surface area contributed by atoms with Gasteiger partial charge in [-0.3, -0.25) is 19.3 Å². The maximum atomic E-state index is 12.3. The van der Waals surface area contributed by atoms with Gasteiger partial charge in [0.15, 0.2) is 0 Å². The van der Waals surface area contributed by atoms with Crippen LogP contribution in [0.2, 0.25) is 0 Å². The van der Waals surface area contributed by atoms with Crippen LogP contribution in [0.3, 0.4) is 0 Å². The summed E-state index contributed by atoms with van der Waals surface area (Å²) in [6.07, 6.45) is 1.02. The number of carbonyl (C=O) groups excluding carboxylic acids is 1. The fraction of sp³-hybridized carbons (Fsp3) is 0.625. The van der Waals surface area contributed by atoms with Crippen molar-refractivity contribution >= 4 is 11.7 Å². The van der Waals surface area contributed by atoms with Gasteiger partial charge >= 0.3 is 0 Å². The van der Waals surface area contributed by atoms with Gasteiger partial charge in [-0.2, -0.15) is 5.10 Å². The van der Waals surface area contributed by atoms with Gasteiger partial charge in [0.2, 0.25) is 17.7 Å². The van der Waals surface area contributed by atoms with E-state index < -0.39 is 0 Å². The molecule has 1 saturated heterocycles. The first-order chi connectivity index (χ1) is 11.9. The minimum Gasteiger partial charge on any atom is -0.424 e. The van der Waals surface area contributed by atoms with E-state index in [4.69, 9.17) is 4.42 Å². The van der Waals surface area contributed by atoms with E-state index in [9.17, 15) is 4.79 Å². The van der Waals surface area contributed by atoms with Crippen LogP contribution >= 0.6 is 0 Å². The SMILES string of the molecule is Cc1cc(NC(=O)CN2CC[C@@H](N(C)Cc3nnc(C)o3)C2)n(C)n1. The lowest BCUT2D eigenvalue weighted by molar-refractivity contribution is -0.117. The second-order valence-corrected chi connectivity index (χ2v) is 6.65. The summed E-state index contributed by atoms with van der Waals surface area (Å²) >= 11 is 0. The minimum absolute atomic E-state index is 0.0150. The number of likely N-dealkylation sites (N-methyl/N-ethyl adjacent to an activating group) is 1. The predicted octanol–water partition coefficient (Wildman–Crippen LogP) is 0.565. The van der Waals surface area contributed by atoms with E-state index in [1.165, 1.54) is 0 Å². The molecule has 3 rings (SSSR count). The lowest BCUT2D eigenvalue weighted by atomic mass is 10.2. The van der Waals surface area contributed by atoms with E-state index in [0.717, 1.165) is 31.0 Å². The highest BCUT2D eigenvalue weighted by Crippen LogP contribution is 2.16. The molecule has 1 fully saturated rings. The summed E-state index contributed by atoms with van der Waals surface area (Å²) in [5, 5.41) is 15.0. The zero-order chi connectivity index (χ0) is 18.0. The van der Waals surface area contributed by atoms with Gasteiger partial charge in [-0.05, 0) is 20.4 Å². The Bertz CT molecular complexity index is 739. The fourth-order valence-corrected chi connectivity index (χ4v) is 3.17. The molecule has 0 aliphatic carbocycles. The zero-order valence-electron chi connectivity index (χ0n) is 15.2. The van der Waals surface area contributed by atoms with Crippen LogP contribution in [-0.2, 0) is 18.4 Å². The summed E-state index contributed by atoms with van der Waals surface area (Å²) in [6, 6.07) is 2.24. The number of nitrogens with one attached hydrogen (secondary N) is 1. The number of aryl methyl sites for hydroxylation is 3. The van der Waals surface area contributed by atoms with Gasteiger partial charge in [-0.1, -0.05) is 0 Å². The molecule has 3 heterocycles. The molecule has 1 N–H and O–H groups in total. The number of rotatable bonds is 6. The summed E-state index contributed by atoms with van der Waals surface area (Å²) in [5.41, 5.74) is 0.886. The van der Waals surface area contributed by atoms with Crippen LogP contribution < -0.4 is 5.32 Å². The number of hydrogen-bond acceptors (Lipinski definition) is 7. The average Bonchev–Trinajstić information content (AvgIpc) is 3.22. The van der Waals surface area contributed by atoms with Gasteiger partial charge in [0.1, 0.15) is 5.82 Å². The molecule has 0 unspecified atom stereocenters. The number of amides is 1. The Kier molecular flexibility index (Phi) is 5.14. The molecule has 2 aromatic heterocycles. The minimum atomic E-state index is -0.0150. The van der Waals surface area contributed by atoms with E-state index >= 15 is 0 Å². The first kappa shape index (κ1) is 17.6. The molecule has 0 spiro atoms. The monoisotopic (exact) mass is 347 g/mol.